The van der Waals surface area contributed by atoms with Crippen molar-refractivity contribution in [3.63, 3.8) is 0 Å². The summed E-state index contributed by atoms with van der Waals surface area (Å²) in [6, 6.07) is -0.0174. The van der Waals surface area contributed by atoms with Crippen LogP contribution in [0.1, 0.15) is 32.7 Å². The predicted molar refractivity (Wildman–Crippen MR) is 62.7 cm³/mol. The molecule has 0 atom stereocenters. The molecule has 0 saturated heterocycles. The topological polar surface area (TPSA) is 46.9 Å². The van der Waals surface area contributed by atoms with Gasteiger partial charge in [-0.05, 0) is 20.3 Å². The average Bonchev–Trinajstić information content (AvgIpc) is 2.24. The highest BCUT2D eigenvalue weighted by Gasteiger charge is 2.25. The van der Waals surface area contributed by atoms with E-state index in [1.54, 1.807) is 6.20 Å². The van der Waals surface area contributed by atoms with Crippen molar-refractivity contribution >= 4 is 5.82 Å². The first-order valence-corrected chi connectivity index (χ1v) is 5.69. The summed E-state index contributed by atoms with van der Waals surface area (Å²) in [6.45, 7) is 3.76. The molecule has 0 aliphatic heterocycles. The first-order valence-electron chi connectivity index (χ1n) is 5.69. The van der Waals surface area contributed by atoms with Gasteiger partial charge in [-0.25, -0.2) is 4.98 Å². The van der Waals surface area contributed by atoms with Crippen LogP contribution in [0, 0.1) is 0 Å². The van der Waals surface area contributed by atoms with Crippen LogP contribution >= 0.6 is 0 Å². The molecule has 1 rings (SSSR count). The van der Waals surface area contributed by atoms with Gasteiger partial charge in [0.1, 0.15) is 0 Å². The van der Waals surface area contributed by atoms with Gasteiger partial charge in [0, 0.05) is 31.4 Å². The van der Waals surface area contributed by atoms with Gasteiger partial charge in [0.2, 0.25) is 0 Å². The molecule has 1 heterocycles. The minimum atomic E-state index is -4.16. The summed E-state index contributed by atoms with van der Waals surface area (Å²) < 4.78 is 37.2. The number of rotatable bonds is 5. The Morgan fingerprint density at radius 2 is 2.11 bits per heavy atom. The molecule has 1 aromatic heterocycles. The van der Waals surface area contributed by atoms with Crippen LogP contribution in [0.5, 0.6) is 0 Å². The van der Waals surface area contributed by atoms with Gasteiger partial charge in [-0.3, -0.25) is 4.79 Å². The molecule has 1 N–H and O–H groups in total. The zero-order valence-corrected chi connectivity index (χ0v) is 10.3. The minimum absolute atomic E-state index is 0.0174. The van der Waals surface area contributed by atoms with Gasteiger partial charge in [-0.1, -0.05) is 0 Å². The van der Waals surface area contributed by atoms with E-state index in [9.17, 15) is 18.0 Å². The van der Waals surface area contributed by atoms with Crippen molar-refractivity contribution in [2.75, 3.05) is 11.9 Å². The summed E-state index contributed by atoms with van der Waals surface area (Å²) in [7, 11) is 0. The first kappa shape index (κ1) is 14.5. The second kappa shape index (κ2) is 5.88. The molecule has 7 heteroatoms. The molecule has 0 fully saturated rings. The molecular weight excluding hydrogens is 247 g/mol. The van der Waals surface area contributed by atoms with E-state index in [4.69, 9.17) is 0 Å². The van der Waals surface area contributed by atoms with Crippen molar-refractivity contribution in [1.82, 2.24) is 9.55 Å². The van der Waals surface area contributed by atoms with E-state index in [-0.39, 0.29) is 30.4 Å². The molecule has 0 radical (unpaired) electrons. The highest BCUT2D eigenvalue weighted by Crippen LogP contribution is 2.20. The molecule has 0 unspecified atom stereocenters. The summed E-state index contributed by atoms with van der Waals surface area (Å²) in [5, 5.41) is 2.64. The van der Waals surface area contributed by atoms with Crippen molar-refractivity contribution < 1.29 is 13.2 Å². The van der Waals surface area contributed by atoms with E-state index in [1.807, 2.05) is 13.8 Å². The van der Waals surface area contributed by atoms with E-state index < -0.39 is 12.6 Å². The third-order valence-corrected chi connectivity index (χ3v) is 2.35. The Labute approximate surface area is 103 Å². The average molecular weight is 263 g/mol. The third-order valence-electron chi connectivity index (χ3n) is 2.35. The van der Waals surface area contributed by atoms with Crippen LogP contribution in [-0.4, -0.2) is 22.3 Å². The molecule has 0 aromatic carbocycles. The quantitative estimate of drug-likeness (QED) is 0.830. The lowest BCUT2D eigenvalue weighted by atomic mass is 10.3. The lowest BCUT2D eigenvalue weighted by Crippen LogP contribution is -2.26. The number of aromatic nitrogens is 2. The molecule has 102 valence electrons. The summed E-state index contributed by atoms with van der Waals surface area (Å²) >= 11 is 0. The predicted octanol–water partition coefficient (Wildman–Crippen LogP) is 2.58. The van der Waals surface area contributed by atoms with Crippen LogP contribution < -0.4 is 10.9 Å². The van der Waals surface area contributed by atoms with E-state index in [0.717, 1.165) is 0 Å². The number of alkyl halides is 3. The van der Waals surface area contributed by atoms with E-state index in [2.05, 4.69) is 10.3 Å². The molecule has 1 aromatic rings. The molecule has 0 saturated carbocycles. The maximum absolute atomic E-state index is 11.9. The fourth-order valence-electron chi connectivity index (χ4n) is 1.45. The minimum Gasteiger partial charge on any atom is -0.365 e. The molecule has 0 aliphatic carbocycles. The lowest BCUT2D eigenvalue weighted by molar-refractivity contribution is -0.134. The molecule has 18 heavy (non-hydrogen) atoms. The van der Waals surface area contributed by atoms with Crippen LogP contribution in [0.4, 0.5) is 19.0 Å². The normalized spacial score (nSPS) is 11.9. The zero-order chi connectivity index (χ0) is 13.8. The van der Waals surface area contributed by atoms with Gasteiger partial charge in [0.05, 0.1) is 0 Å². The lowest BCUT2D eigenvalue weighted by Gasteiger charge is -2.12. The number of anilines is 1. The molecule has 4 nitrogen and oxygen atoms in total. The standard InChI is InChI=1S/C11H16F3N3O/c1-8(2)17-7-6-16-9(10(17)18)15-5-3-4-11(12,13)14/h6-8H,3-5H2,1-2H3,(H,15,16). The summed E-state index contributed by atoms with van der Waals surface area (Å²) in [4.78, 5) is 15.6. The molecule has 0 spiro atoms. The Balaban J connectivity index is 2.58. The number of nitrogens with zero attached hydrogens (tertiary/aromatic N) is 2. The monoisotopic (exact) mass is 263 g/mol. The molecule has 0 amide bonds. The van der Waals surface area contributed by atoms with Gasteiger partial charge in [-0.15, -0.1) is 0 Å². The zero-order valence-electron chi connectivity index (χ0n) is 10.3. The van der Waals surface area contributed by atoms with Gasteiger partial charge in [0.15, 0.2) is 5.82 Å². The second-order valence-corrected chi connectivity index (χ2v) is 4.23. The Bertz CT molecular complexity index is 440. The molecule has 0 bridgehead atoms. The Kier molecular flexibility index (Phi) is 4.75. The van der Waals surface area contributed by atoms with E-state index >= 15 is 0 Å². The van der Waals surface area contributed by atoms with E-state index in [1.165, 1.54) is 10.8 Å². The number of hydrogen-bond donors (Lipinski definition) is 1. The van der Waals surface area contributed by atoms with Crippen molar-refractivity contribution in [3.8, 4) is 0 Å². The van der Waals surface area contributed by atoms with Gasteiger partial charge in [-0.2, -0.15) is 13.2 Å². The van der Waals surface area contributed by atoms with Crippen molar-refractivity contribution in [2.45, 2.75) is 38.9 Å². The SMILES string of the molecule is CC(C)n1ccnc(NCCCC(F)(F)F)c1=O. The number of hydrogen-bond acceptors (Lipinski definition) is 3. The summed E-state index contributed by atoms with van der Waals surface area (Å²) in [6.07, 6.45) is -2.11. The van der Waals surface area contributed by atoms with Crippen LogP contribution in [-0.2, 0) is 0 Å². The van der Waals surface area contributed by atoms with Crippen molar-refractivity contribution in [3.05, 3.63) is 22.7 Å². The van der Waals surface area contributed by atoms with Crippen LogP contribution in [0.3, 0.4) is 0 Å². The van der Waals surface area contributed by atoms with E-state index in [0.29, 0.717) is 0 Å². The van der Waals surface area contributed by atoms with Gasteiger partial charge in [0.25, 0.3) is 5.56 Å². The first-order chi connectivity index (χ1) is 8.31. The van der Waals surface area contributed by atoms with Crippen molar-refractivity contribution in [2.24, 2.45) is 0 Å². The van der Waals surface area contributed by atoms with Gasteiger partial charge >= 0.3 is 6.18 Å². The highest BCUT2D eigenvalue weighted by atomic mass is 19.4. The van der Waals surface area contributed by atoms with Crippen LogP contribution in [0.15, 0.2) is 17.2 Å². The molecule has 0 aliphatic rings. The summed E-state index contributed by atoms with van der Waals surface area (Å²) in [5.74, 6) is 0.0911. The highest BCUT2D eigenvalue weighted by molar-refractivity contribution is 5.30. The molecular formula is C11H16F3N3O. The maximum atomic E-state index is 11.9. The van der Waals surface area contributed by atoms with Gasteiger partial charge < -0.3 is 9.88 Å². The summed E-state index contributed by atoms with van der Waals surface area (Å²) in [5.41, 5.74) is -0.320. The number of nitrogens with one attached hydrogen (secondary N) is 1. The Hall–Kier alpha value is -1.53. The third kappa shape index (κ3) is 4.38. The maximum Gasteiger partial charge on any atom is 0.389 e. The Morgan fingerprint density at radius 1 is 1.44 bits per heavy atom. The second-order valence-electron chi connectivity index (χ2n) is 4.23. The Morgan fingerprint density at radius 3 is 2.67 bits per heavy atom. The van der Waals surface area contributed by atoms with Crippen molar-refractivity contribution in [1.29, 1.82) is 0 Å². The van der Waals surface area contributed by atoms with Crippen LogP contribution in [0.2, 0.25) is 0 Å². The fourth-order valence-corrected chi connectivity index (χ4v) is 1.45. The fraction of sp³-hybridized carbons (Fsp3) is 0.636. The smallest absolute Gasteiger partial charge is 0.365 e. The largest absolute Gasteiger partial charge is 0.389 e. The number of halogens is 3. The van der Waals surface area contributed by atoms with Crippen LogP contribution in [0.25, 0.3) is 0 Å².